The fourth-order valence-corrected chi connectivity index (χ4v) is 1.90. The lowest BCUT2D eigenvalue weighted by atomic mass is 9.76. The monoisotopic (exact) mass is 227 g/mol. The van der Waals surface area contributed by atoms with Gasteiger partial charge >= 0.3 is 5.97 Å². The fraction of sp³-hybridized carbons (Fsp3) is 0.500. The van der Waals surface area contributed by atoms with Gasteiger partial charge in [-0.05, 0) is 30.8 Å². The van der Waals surface area contributed by atoms with E-state index in [1.54, 1.807) is 0 Å². The maximum Gasteiger partial charge on any atom is 0.329 e. The number of hydrogen-bond donors (Lipinski definition) is 2. The number of nitrogens with zero attached hydrogens (tertiary/aromatic N) is 2. The molecule has 0 unspecified atom stereocenters. The van der Waals surface area contributed by atoms with E-state index in [1.165, 1.54) is 5.38 Å². The van der Waals surface area contributed by atoms with Crippen LogP contribution in [0.2, 0.25) is 0 Å². The third-order valence-corrected chi connectivity index (χ3v) is 3.07. The van der Waals surface area contributed by atoms with Crippen molar-refractivity contribution in [3.05, 3.63) is 11.1 Å². The van der Waals surface area contributed by atoms with Crippen LogP contribution in [0.3, 0.4) is 0 Å². The summed E-state index contributed by atoms with van der Waals surface area (Å²) in [5.74, 6) is -1.45. The molecule has 80 valence electrons. The van der Waals surface area contributed by atoms with Gasteiger partial charge in [-0.25, -0.2) is 4.79 Å². The van der Waals surface area contributed by atoms with E-state index in [1.807, 2.05) is 0 Å². The molecule has 1 aromatic rings. The van der Waals surface area contributed by atoms with Crippen molar-refractivity contribution in [1.82, 2.24) is 14.9 Å². The van der Waals surface area contributed by atoms with Crippen LogP contribution in [-0.2, 0) is 4.79 Å². The number of aromatic nitrogens is 2. The summed E-state index contributed by atoms with van der Waals surface area (Å²) in [5.41, 5.74) is -0.909. The van der Waals surface area contributed by atoms with Crippen molar-refractivity contribution < 1.29 is 14.7 Å². The van der Waals surface area contributed by atoms with Crippen LogP contribution in [0, 0.1) is 0 Å². The molecule has 1 aromatic heterocycles. The minimum Gasteiger partial charge on any atom is -0.480 e. The highest BCUT2D eigenvalue weighted by molar-refractivity contribution is 7.03. The molecule has 6 nitrogen and oxygen atoms in total. The van der Waals surface area contributed by atoms with Crippen LogP contribution in [0.25, 0.3) is 0 Å². The molecule has 7 heteroatoms. The Morgan fingerprint density at radius 2 is 2.27 bits per heavy atom. The summed E-state index contributed by atoms with van der Waals surface area (Å²) in [5, 5.41) is 16.6. The van der Waals surface area contributed by atoms with Crippen LogP contribution < -0.4 is 5.32 Å². The molecule has 2 rings (SSSR count). The Hall–Kier alpha value is -1.50. The van der Waals surface area contributed by atoms with E-state index < -0.39 is 17.4 Å². The summed E-state index contributed by atoms with van der Waals surface area (Å²) < 4.78 is 3.55. The summed E-state index contributed by atoms with van der Waals surface area (Å²) in [6.45, 7) is 0. The summed E-state index contributed by atoms with van der Waals surface area (Å²) in [7, 11) is 0. The van der Waals surface area contributed by atoms with Crippen molar-refractivity contribution in [2.75, 3.05) is 0 Å². The number of carboxylic acid groups (broad SMARTS) is 1. The molecule has 1 amide bonds. The van der Waals surface area contributed by atoms with Gasteiger partial charge in [-0.15, -0.1) is 5.10 Å². The molecule has 2 N–H and O–H groups in total. The molecule has 0 bridgehead atoms. The summed E-state index contributed by atoms with van der Waals surface area (Å²) in [6, 6.07) is 0. The zero-order valence-electron chi connectivity index (χ0n) is 7.77. The second-order valence-corrected chi connectivity index (χ2v) is 4.09. The van der Waals surface area contributed by atoms with E-state index in [9.17, 15) is 9.59 Å². The van der Waals surface area contributed by atoms with Gasteiger partial charge in [0.15, 0.2) is 5.69 Å². The lowest BCUT2D eigenvalue weighted by Gasteiger charge is -2.37. The lowest BCUT2D eigenvalue weighted by Crippen LogP contribution is -2.59. The highest BCUT2D eigenvalue weighted by Crippen LogP contribution is 2.32. The van der Waals surface area contributed by atoms with Gasteiger partial charge in [-0.2, -0.15) is 0 Å². The molecule has 0 atom stereocenters. The average Bonchev–Trinajstić information content (AvgIpc) is 2.62. The molecule has 15 heavy (non-hydrogen) atoms. The number of rotatable bonds is 3. The van der Waals surface area contributed by atoms with Crippen molar-refractivity contribution in [2.45, 2.75) is 24.8 Å². The Bertz CT molecular complexity index is 386. The van der Waals surface area contributed by atoms with Crippen molar-refractivity contribution in [2.24, 2.45) is 0 Å². The van der Waals surface area contributed by atoms with Gasteiger partial charge < -0.3 is 10.4 Å². The normalized spacial score (nSPS) is 17.9. The Labute approximate surface area is 89.5 Å². The molecular weight excluding hydrogens is 218 g/mol. The van der Waals surface area contributed by atoms with Gasteiger partial charge in [0, 0.05) is 5.38 Å². The Balaban J connectivity index is 2.08. The van der Waals surface area contributed by atoms with Crippen molar-refractivity contribution in [1.29, 1.82) is 0 Å². The minimum absolute atomic E-state index is 0.174. The zero-order chi connectivity index (χ0) is 10.9. The first-order valence-electron chi connectivity index (χ1n) is 4.47. The molecule has 0 radical (unpaired) electrons. The molecule has 0 saturated heterocycles. The minimum atomic E-state index is -1.08. The SMILES string of the molecule is O=C(NC1(C(=O)O)CCC1)c1csnn1. The molecule has 1 heterocycles. The van der Waals surface area contributed by atoms with Crippen LogP contribution in [0.15, 0.2) is 5.38 Å². The van der Waals surface area contributed by atoms with Gasteiger partial charge in [-0.1, -0.05) is 4.49 Å². The maximum absolute atomic E-state index is 11.5. The number of hydrogen-bond acceptors (Lipinski definition) is 5. The number of nitrogens with one attached hydrogen (secondary N) is 1. The predicted molar refractivity (Wildman–Crippen MR) is 51.6 cm³/mol. The number of carbonyl (C=O) groups excluding carboxylic acids is 1. The van der Waals surface area contributed by atoms with Crippen LogP contribution in [0.4, 0.5) is 0 Å². The third-order valence-electron chi connectivity index (χ3n) is 2.56. The van der Waals surface area contributed by atoms with Crippen molar-refractivity contribution >= 4 is 23.4 Å². The van der Waals surface area contributed by atoms with Gasteiger partial charge in [0.1, 0.15) is 5.54 Å². The molecule has 1 saturated carbocycles. The van der Waals surface area contributed by atoms with Crippen LogP contribution in [0.1, 0.15) is 29.8 Å². The fourth-order valence-electron chi connectivity index (χ4n) is 1.47. The average molecular weight is 227 g/mol. The van der Waals surface area contributed by atoms with Crippen LogP contribution in [-0.4, -0.2) is 32.1 Å². The maximum atomic E-state index is 11.5. The molecular formula is C8H9N3O3S. The van der Waals surface area contributed by atoms with Crippen LogP contribution >= 0.6 is 11.5 Å². The molecule has 1 aliphatic rings. The second kappa shape index (κ2) is 3.58. The number of carbonyl (C=O) groups is 2. The predicted octanol–water partition coefficient (Wildman–Crippen LogP) is 0.275. The Morgan fingerprint density at radius 1 is 1.53 bits per heavy atom. The quantitative estimate of drug-likeness (QED) is 0.773. The molecule has 0 aliphatic heterocycles. The highest BCUT2D eigenvalue weighted by atomic mass is 32.1. The molecule has 1 aliphatic carbocycles. The van der Waals surface area contributed by atoms with Crippen LogP contribution in [0.5, 0.6) is 0 Å². The van der Waals surface area contributed by atoms with Crippen molar-refractivity contribution in [3.63, 3.8) is 0 Å². The van der Waals surface area contributed by atoms with E-state index in [2.05, 4.69) is 14.9 Å². The van der Waals surface area contributed by atoms with Gasteiger partial charge in [0.25, 0.3) is 5.91 Å². The Morgan fingerprint density at radius 3 is 2.67 bits per heavy atom. The second-order valence-electron chi connectivity index (χ2n) is 3.49. The first-order chi connectivity index (χ1) is 7.14. The van der Waals surface area contributed by atoms with E-state index >= 15 is 0 Å². The molecule has 0 spiro atoms. The number of aliphatic carboxylic acids is 1. The summed E-state index contributed by atoms with van der Waals surface area (Å²) >= 11 is 1.06. The van der Waals surface area contributed by atoms with Gasteiger partial charge in [0.05, 0.1) is 0 Å². The lowest BCUT2D eigenvalue weighted by molar-refractivity contribution is -0.148. The zero-order valence-corrected chi connectivity index (χ0v) is 8.58. The van der Waals surface area contributed by atoms with E-state index in [0.29, 0.717) is 12.8 Å². The number of carboxylic acids is 1. The molecule has 0 aromatic carbocycles. The summed E-state index contributed by atoms with van der Waals surface area (Å²) in [6.07, 6.45) is 1.78. The van der Waals surface area contributed by atoms with E-state index in [-0.39, 0.29) is 5.69 Å². The summed E-state index contributed by atoms with van der Waals surface area (Å²) in [4.78, 5) is 22.5. The third kappa shape index (κ3) is 1.70. The highest BCUT2D eigenvalue weighted by Gasteiger charge is 2.46. The van der Waals surface area contributed by atoms with E-state index in [4.69, 9.17) is 5.11 Å². The first kappa shape index (κ1) is 10.0. The standard InChI is InChI=1S/C8H9N3O3S/c12-6(5-4-15-11-10-5)9-8(7(13)14)2-1-3-8/h4H,1-3H2,(H,9,12)(H,13,14). The van der Waals surface area contributed by atoms with Crippen molar-refractivity contribution in [3.8, 4) is 0 Å². The topological polar surface area (TPSA) is 92.2 Å². The van der Waals surface area contributed by atoms with Gasteiger partial charge in [-0.3, -0.25) is 4.79 Å². The smallest absolute Gasteiger partial charge is 0.329 e. The first-order valence-corrected chi connectivity index (χ1v) is 5.31. The van der Waals surface area contributed by atoms with Gasteiger partial charge in [0.2, 0.25) is 0 Å². The largest absolute Gasteiger partial charge is 0.480 e. The van der Waals surface area contributed by atoms with E-state index in [0.717, 1.165) is 18.0 Å². The number of amides is 1. The Kier molecular flexibility index (Phi) is 2.39. The molecule has 1 fully saturated rings.